The molecule has 2 N–H and O–H groups in total. The molecule has 0 bridgehead atoms. The third kappa shape index (κ3) is 2.18. The lowest BCUT2D eigenvalue weighted by molar-refractivity contribution is 1.46. The van der Waals surface area contributed by atoms with Crippen molar-refractivity contribution in [1.82, 2.24) is 0 Å². The number of hydrogen-bond donors (Lipinski definition) is 1. The Morgan fingerprint density at radius 1 is 1.62 bits per heavy atom. The summed E-state index contributed by atoms with van der Waals surface area (Å²) in [5, 5.41) is 0. The minimum atomic E-state index is 0.718. The van der Waals surface area contributed by atoms with E-state index in [-0.39, 0.29) is 0 Å². The van der Waals surface area contributed by atoms with E-state index in [2.05, 4.69) is 18.2 Å². The van der Waals surface area contributed by atoms with Crippen molar-refractivity contribution >= 4 is 5.84 Å². The second kappa shape index (κ2) is 4.12. The highest BCUT2D eigenvalue weighted by Gasteiger charge is 1.88. The lowest BCUT2D eigenvalue weighted by Crippen LogP contribution is -2.05. The molecule has 0 aromatic carbocycles. The van der Waals surface area contributed by atoms with E-state index in [9.17, 15) is 0 Å². The Balaban J connectivity index is 0.000000222. The first kappa shape index (κ1) is 6.95. The normalized spacial score (nSPS) is 14.2. The largest absolute Gasteiger partial charge is 0.387 e. The van der Waals surface area contributed by atoms with Crippen LogP contribution >= 0.6 is 0 Å². The molecule has 1 rings (SSSR count). The minimum Gasteiger partial charge on any atom is -0.387 e. The van der Waals surface area contributed by atoms with E-state index in [0.29, 0.717) is 0 Å². The van der Waals surface area contributed by atoms with Crippen LogP contribution in [0.4, 0.5) is 0 Å². The van der Waals surface area contributed by atoms with Gasteiger partial charge in [-0.1, -0.05) is 6.08 Å². The number of amidine groups is 1. The highest BCUT2D eigenvalue weighted by molar-refractivity contribution is 5.83. The molecule has 1 aliphatic rings. The van der Waals surface area contributed by atoms with Crippen molar-refractivity contribution in [1.29, 1.82) is 0 Å². The van der Waals surface area contributed by atoms with E-state index in [4.69, 9.17) is 5.73 Å². The Bertz CT molecular complexity index is 114. The average Bonchev–Trinajstić information content (AvgIpc) is 2.24. The molecule has 0 radical (unpaired) electrons. The van der Waals surface area contributed by atoms with Crippen molar-refractivity contribution < 1.29 is 0 Å². The van der Waals surface area contributed by atoms with Gasteiger partial charge >= 0.3 is 0 Å². The van der Waals surface area contributed by atoms with Crippen molar-refractivity contribution in [3.63, 3.8) is 0 Å². The molecule has 0 spiro atoms. The first-order chi connectivity index (χ1) is 3.89. The molecule has 1 aliphatic heterocycles. The first-order valence-corrected chi connectivity index (χ1v) is 2.37. The summed E-state index contributed by atoms with van der Waals surface area (Å²) < 4.78 is 0. The molecular formula is C6H10N2. The van der Waals surface area contributed by atoms with Crippen molar-refractivity contribution in [2.24, 2.45) is 10.7 Å². The predicted octanol–water partition coefficient (Wildman–Crippen LogP) is 1.06. The van der Waals surface area contributed by atoms with Crippen LogP contribution < -0.4 is 5.73 Å². The van der Waals surface area contributed by atoms with E-state index in [1.54, 1.807) is 6.20 Å². The van der Waals surface area contributed by atoms with Gasteiger partial charge in [0, 0.05) is 12.6 Å². The van der Waals surface area contributed by atoms with Crippen LogP contribution in [0.3, 0.4) is 0 Å². The molecule has 0 saturated carbocycles. The van der Waals surface area contributed by atoms with Gasteiger partial charge in [0.25, 0.3) is 0 Å². The van der Waals surface area contributed by atoms with Crippen LogP contribution in [-0.2, 0) is 0 Å². The van der Waals surface area contributed by atoms with Gasteiger partial charge in [-0.15, -0.1) is 13.2 Å². The summed E-state index contributed by atoms with van der Waals surface area (Å²) in [5.41, 5.74) is 5.22. The SMILES string of the molecule is C=C.NC1=NC=CC1. The molecule has 0 aromatic rings. The average molecular weight is 110 g/mol. The Morgan fingerprint density at radius 2 is 2.25 bits per heavy atom. The van der Waals surface area contributed by atoms with Crippen LogP contribution in [-0.4, -0.2) is 5.84 Å². The summed E-state index contributed by atoms with van der Waals surface area (Å²) in [4.78, 5) is 3.75. The van der Waals surface area contributed by atoms with E-state index in [1.165, 1.54) is 0 Å². The van der Waals surface area contributed by atoms with Gasteiger partial charge in [-0.25, -0.2) is 4.99 Å². The zero-order valence-corrected chi connectivity index (χ0v) is 4.80. The Kier molecular flexibility index (Phi) is 3.58. The zero-order chi connectivity index (χ0) is 6.41. The summed E-state index contributed by atoms with van der Waals surface area (Å²) in [7, 11) is 0. The lowest BCUT2D eigenvalue weighted by atomic mass is 10.4. The maximum absolute atomic E-state index is 5.22. The van der Waals surface area contributed by atoms with E-state index >= 15 is 0 Å². The third-order valence-corrected chi connectivity index (χ3v) is 0.673. The summed E-state index contributed by atoms with van der Waals surface area (Å²) in [6.07, 6.45) is 4.48. The number of nitrogens with zero attached hydrogens (tertiary/aromatic N) is 1. The zero-order valence-electron chi connectivity index (χ0n) is 4.80. The maximum atomic E-state index is 5.22. The lowest BCUT2D eigenvalue weighted by Gasteiger charge is -1.78. The molecule has 0 unspecified atom stereocenters. The standard InChI is InChI=1S/C4H6N2.C2H4/c5-4-2-1-3-6-4;1-2/h1,3H,2H2,(H2,5,6);1-2H2. The number of rotatable bonds is 0. The van der Waals surface area contributed by atoms with Crippen LogP contribution in [0.5, 0.6) is 0 Å². The van der Waals surface area contributed by atoms with Gasteiger partial charge in [0.2, 0.25) is 0 Å². The minimum absolute atomic E-state index is 0.718. The van der Waals surface area contributed by atoms with Crippen LogP contribution in [0.25, 0.3) is 0 Å². The van der Waals surface area contributed by atoms with Crippen molar-refractivity contribution in [2.45, 2.75) is 6.42 Å². The second-order valence-electron chi connectivity index (χ2n) is 1.21. The molecule has 0 saturated heterocycles. The van der Waals surface area contributed by atoms with Gasteiger partial charge in [0.05, 0.1) is 0 Å². The molecule has 8 heavy (non-hydrogen) atoms. The monoisotopic (exact) mass is 110 g/mol. The smallest absolute Gasteiger partial charge is 0.103 e. The number of nitrogens with two attached hydrogens (primary N) is 1. The van der Waals surface area contributed by atoms with Crippen LogP contribution in [0.15, 0.2) is 30.4 Å². The van der Waals surface area contributed by atoms with Gasteiger partial charge in [-0.3, -0.25) is 0 Å². The Hall–Kier alpha value is -1.05. The van der Waals surface area contributed by atoms with Crippen LogP contribution in [0, 0.1) is 0 Å². The molecule has 0 atom stereocenters. The summed E-state index contributed by atoms with van der Waals surface area (Å²) in [6.45, 7) is 6.00. The van der Waals surface area contributed by atoms with E-state index < -0.39 is 0 Å². The highest BCUT2D eigenvalue weighted by Crippen LogP contribution is 1.92. The summed E-state index contributed by atoms with van der Waals surface area (Å²) >= 11 is 0. The summed E-state index contributed by atoms with van der Waals surface area (Å²) in [6, 6.07) is 0. The molecule has 2 nitrogen and oxygen atoms in total. The fourth-order valence-corrected chi connectivity index (χ4v) is 0.375. The molecule has 2 heteroatoms. The molecule has 0 amide bonds. The second-order valence-corrected chi connectivity index (χ2v) is 1.21. The third-order valence-electron chi connectivity index (χ3n) is 0.673. The maximum Gasteiger partial charge on any atom is 0.103 e. The Labute approximate surface area is 49.4 Å². The van der Waals surface area contributed by atoms with Crippen LogP contribution in [0.2, 0.25) is 0 Å². The quantitative estimate of drug-likeness (QED) is 0.465. The first-order valence-electron chi connectivity index (χ1n) is 2.37. The molecule has 0 aromatic heterocycles. The van der Waals surface area contributed by atoms with E-state index in [1.807, 2.05) is 6.08 Å². The molecule has 0 fully saturated rings. The fraction of sp³-hybridized carbons (Fsp3) is 0.167. The number of hydrogen-bond acceptors (Lipinski definition) is 2. The summed E-state index contributed by atoms with van der Waals surface area (Å²) in [5.74, 6) is 0.718. The van der Waals surface area contributed by atoms with Gasteiger partial charge in [0.1, 0.15) is 5.84 Å². The van der Waals surface area contributed by atoms with Crippen LogP contribution in [0.1, 0.15) is 6.42 Å². The molecular weight excluding hydrogens is 100 g/mol. The van der Waals surface area contributed by atoms with Gasteiger partial charge in [0.15, 0.2) is 0 Å². The number of aliphatic imine (C=N–C) groups is 1. The molecule has 44 valence electrons. The molecule has 1 heterocycles. The highest BCUT2D eigenvalue weighted by atomic mass is 14.8. The van der Waals surface area contributed by atoms with Crippen molar-refractivity contribution in [3.05, 3.63) is 25.4 Å². The topological polar surface area (TPSA) is 38.4 Å². The van der Waals surface area contributed by atoms with E-state index in [0.717, 1.165) is 12.3 Å². The fourth-order valence-electron chi connectivity index (χ4n) is 0.375. The van der Waals surface area contributed by atoms with Crippen molar-refractivity contribution in [2.75, 3.05) is 0 Å². The van der Waals surface area contributed by atoms with Gasteiger partial charge < -0.3 is 5.73 Å². The Morgan fingerprint density at radius 3 is 2.38 bits per heavy atom. The van der Waals surface area contributed by atoms with Gasteiger partial charge in [-0.05, 0) is 0 Å². The predicted molar refractivity (Wildman–Crippen MR) is 36.6 cm³/mol. The van der Waals surface area contributed by atoms with Crippen molar-refractivity contribution in [3.8, 4) is 0 Å². The van der Waals surface area contributed by atoms with Gasteiger partial charge in [-0.2, -0.15) is 0 Å². The molecule has 0 aliphatic carbocycles.